The van der Waals surface area contributed by atoms with E-state index in [-0.39, 0.29) is 5.41 Å². The zero-order valence-corrected chi connectivity index (χ0v) is 14.4. The summed E-state index contributed by atoms with van der Waals surface area (Å²) in [5, 5.41) is 2.13. The van der Waals surface area contributed by atoms with Crippen LogP contribution >= 0.6 is 22.7 Å². The topological polar surface area (TPSA) is 29.3 Å². The molecular formula is C16H24N2S2. The molecule has 0 spiro atoms. The Kier molecular flexibility index (Phi) is 5.02. The number of thiophene rings is 2. The van der Waals surface area contributed by atoms with Crippen molar-refractivity contribution in [2.75, 3.05) is 13.6 Å². The molecule has 0 aliphatic carbocycles. The Bertz CT molecular complexity index is 523. The second kappa shape index (κ2) is 6.39. The molecule has 0 aliphatic rings. The fraction of sp³-hybridized carbons (Fsp3) is 0.500. The molecule has 4 heteroatoms. The molecule has 0 bridgehead atoms. The van der Waals surface area contributed by atoms with Crippen LogP contribution in [0.5, 0.6) is 0 Å². The van der Waals surface area contributed by atoms with Gasteiger partial charge in [-0.15, -0.1) is 22.7 Å². The molecule has 20 heavy (non-hydrogen) atoms. The van der Waals surface area contributed by atoms with Gasteiger partial charge in [-0.05, 0) is 36.0 Å². The van der Waals surface area contributed by atoms with E-state index >= 15 is 0 Å². The maximum Gasteiger partial charge on any atom is 0.0565 e. The molecule has 110 valence electrons. The highest BCUT2D eigenvalue weighted by molar-refractivity contribution is 7.12. The fourth-order valence-electron chi connectivity index (χ4n) is 2.21. The zero-order valence-electron chi connectivity index (χ0n) is 12.7. The van der Waals surface area contributed by atoms with Crippen LogP contribution in [0.25, 0.3) is 0 Å². The molecular weight excluding hydrogens is 284 g/mol. The van der Waals surface area contributed by atoms with Crippen molar-refractivity contribution in [3.8, 4) is 0 Å². The van der Waals surface area contributed by atoms with Crippen LogP contribution in [-0.2, 0) is 12.0 Å². The van der Waals surface area contributed by atoms with E-state index in [0.717, 1.165) is 6.54 Å². The van der Waals surface area contributed by atoms with Gasteiger partial charge in [-0.1, -0.05) is 26.8 Å². The van der Waals surface area contributed by atoms with Gasteiger partial charge in [0.05, 0.1) is 6.04 Å². The molecule has 1 atom stereocenters. The van der Waals surface area contributed by atoms with Crippen molar-refractivity contribution in [3.63, 3.8) is 0 Å². The van der Waals surface area contributed by atoms with Crippen LogP contribution in [0.3, 0.4) is 0 Å². The monoisotopic (exact) mass is 308 g/mol. The van der Waals surface area contributed by atoms with Crippen LogP contribution < -0.4 is 5.73 Å². The van der Waals surface area contributed by atoms with E-state index in [1.54, 1.807) is 11.3 Å². The molecule has 0 radical (unpaired) electrons. The average Bonchev–Trinajstić information content (AvgIpc) is 3.00. The predicted octanol–water partition coefficient (Wildman–Crippen LogP) is 4.24. The van der Waals surface area contributed by atoms with Crippen molar-refractivity contribution < 1.29 is 0 Å². The van der Waals surface area contributed by atoms with Crippen molar-refractivity contribution in [1.29, 1.82) is 0 Å². The maximum absolute atomic E-state index is 6.02. The van der Waals surface area contributed by atoms with Gasteiger partial charge >= 0.3 is 0 Å². The van der Waals surface area contributed by atoms with Crippen molar-refractivity contribution in [2.45, 2.75) is 38.8 Å². The van der Waals surface area contributed by atoms with Crippen LogP contribution in [0.15, 0.2) is 29.6 Å². The molecule has 2 rings (SSSR count). The third-order valence-electron chi connectivity index (χ3n) is 3.44. The minimum atomic E-state index is 0.217. The number of hydrogen-bond acceptors (Lipinski definition) is 4. The molecule has 2 aromatic rings. The van der Waals surface area contributed by atoms with E-state index < -0.39 is 0 Å². The van der Waals surface area contributed by atoms with E-state index in [9.17, 15) is 0 Å². The van der Waals surface area contributed by atoms with Crippen molar-refractivity contribution >= 4 is 22.7 Å². The molecule has 2 nitrogen and oxygen atoms in total. The van der Waals surface area contributed by atoms with Crippen LogP contribution in [0, 0.1) is 0 Å². The summed E-state index contributed by atoms with van der Waals surface area (Å²) < 4.78 is 0. The number of nitrogens with two attached hydrogens (primary N) is 1. The summed E-state index contributed by atoms with van der Waals surface area (Å²) in [6, 6.07) is 9.09. The fourth-order valence-corrected chi connectivity index (χ4v) is 4.22. The Morgan fingerprint density at radius 2 is 2.00 bits per heavy atom. The lowest BCUT2D eigenvalue weighted by Gasteiger charge is -2.25. The molecule has 2 heterocycles. The minimum Gasteiger partial charge on any atom is -0.329 e. The van der Waals surface area contributed by atoms with Gasteiger partial charge in [0.15, 0.2) is 0 Å². The lowest BCUT2D eigenvalue weighted by molar-refractivity contribution is 0.247. The van der Waals surface area contributed by atoms with Gasteiger partial charge in [0.1, 0.15) is 0 Å². The number of likely N-dealkylation sites (N-methyl/N-ethyl adjacent to an activating group) is 1. The summed E-state index contributed by atoms with van der Waals surface area (Å²) in [6.07, 6.45) is 0. The summed E-state index contributed by atoms with van der Waals surface area (Å²) in [6.45, 7) is 8.40. The van der Waals surface area contributed by atoms with E-state index in [4.69, 9.17) is 5.73 Å². The Balaban J connectivity index is 2.13. The lowest BCUT2D eigenvalue weighted by Crippen LogP contribution is -2.29. The first-order valence-corrected chi connectivity index (χ1v) is 8.64. The Labute approximate surface area is 130 Å². The molecule has 2 N–H and O–H groups in total. The second-order valence-electron chi connectivity index (χ2n) is 6.20. The van der Waals surface area contributed by atoms with Gasteiger partial charge in [-0.25, -0.2) is 0 Å². The minimum absolute atomic E-state index is 0.217. The highest BCUT2D eigenvalue weighted by Crippen LogP contribution is 2.34. The number of rotatable bonds is 5. The first kappa shape index (κ1) is 15.7. The number of hydrogen-bond donors (Lipinski definition) is 1. The van der Waals surface area contributed by atoms with Crippen molar-refractivity contribution in [3.05, 3.63) is 44.3 Å². The normalized spacial score (nSPS) is 13.9. The van der Waals surface area contributed by atoms with Gasteiger partial charge in [-0.3, -0.25) is 4.90 Å². The van der Waals surface area contributed by atoms with Gasteiger partial charge in [-0.2, -0.15) is 0 Å². The van der Waals surface area contributed by atoms with Gasteiger partial charge in [0.25, 0.3) is 0 Å². The average molecular weight is 309 g/mol. The lowest BCUT2D eigenvalue weighted by atomic mass is 9.95. The third kappa shape index (κ3) is 3.70. The van der Waals surface area contributed by atoms with Gasteiger partial charge < -0.3 is 5.73 Å². The summed E-state index contributed by atoms with van der Waals surface area (Å²) in [4.78, 5) is 6.54. The SMILES string of the molecule is CN(Cc1cccs1)C(CN)c1ccc(C(C)(C)C)s1. The van der Waals surface area contributed by atoms with E-state index in [2.05, 4.69) is 62.4 Å². The molecule has 2 aromatic heterocycles. The second-order valence-corrected chi connectivity index (χ2v) is 8.35. The summed E-state index contributed by atoms with van der Waals surface area (Å²) in [5.41, 5.74) is 6.24. The van der Waals surface area contributed by atoms with Crippen LogP contribution in [-0.4, -0.2) is 18.5 Å². The summed E-state index contributed by atoms with van der Waals surface area (Å²) in [5.74, 6) is 0. The molecule has 0 aromatic carbocycles. The number of nitrogens with zero attached hydrogens (tertiary/aromatic N) is 1. The molecule has 1 unspecified atom stereocenters. The van der Waals surface area contributed by atoms with Crippen molar-refractivity contribution in [1.82, 2.24) is 4.90 Å². The van der Waals surface area contributed by atoms with E-state index in [1.165, 1.54) is 14.6 Å². The Hall–Kier alpha value is -0.680. The Morgan fingerprint density at radius 1 is 1.25 bits per heavy atom. The molecule has 0 amide bonds. The first-order valence-electron chi connectivity index (χ1n) is 6.94. The standard InChI is InChI=1S/C16H24N2S2/c1-16(2,3)15-8-7-14(20-15)13(10-17)18(4)11-12-6-5-9-19-12/h5-9,13H,10-11,17H2,1-4H3. The van der Waals surface area contributed by atoms with Gasteiger partial charge in [0, 0.05) is 27.7 Å². The molecule has 0 aliphatic heterocycles. The molecule has 0 fully saturated rings. The van der Waals surface area contributed by atoms with Crippen LogP contribution in [0.4, 0.5) is 0 Å². The summed E-state index contributed by atoms with van der Waals surface area (Å²) in [7, 11) is 2.16. The third-order valence-corrected chi connectivity index (χ3v) is 5.91. The van der Waals surface area contributed by atoms with Crippen LogP contribution in [0.1, 0.15) is 41.4 Å². The highest BCUT2D eigenvalue weighted by Gasteiger charge is 2.21. The van der Waals surface area contributed by atoms with Gasteiger partial charge in [0.2, 0.25) is 0 Å². The van der Waals surface area contributed by atoms with Crippen molar-refractivity contribution in [2.24, 2.45) is 5.73 Å². The first-order chi connectivity index (χ1) is 9.41. The van der Waals surface area contributed by atoms with E-state index in [0.29, 0.717) is 12.6 Å². The maximum atomic E-state index is 6.02. The zero-order chi connectivity index (χ0) is 14.8. The van der Waals surface area contributed by atoms with Crippen LogP contribution in [0.2, 0.25) is 0 Å². The smallest absolute Gasteiger partial charge is 0.0565 e. The molecule has 0 saturated carbocycles. The van der Waals surface area contributed by atoms with E-state index in [1.807, 2.05) is 11.3 Å². The highest BCUT2D eigenvalue weighted by atomic mass is 32.1. The summed E-state index contributed by atoms with van der Waals surface area (Å²) >= 11 is 3.70. The Morgan fingerprint density at radius 3 is 2.50 bits per heavy atom. The quantitative estimate of drug-likeness (QED) is 0.895. The molecule has 0 saturated heterocycles. The predicted molar refractivity (Wildman–Crippen MR) is 90.6 cm³/mol. The largest absolute Gasteiger partial charge is 0.329 e.